The molecule has 23 heavy (non-hydrogen) atoms. The zero-order chi connectivity index (χ0) is 16.9. The number of hydrogen-bond donors (Lipinski definition) is 1. The van der Waals surface area contributed by atoms with Gasteiger partial charge in [-0.05, 0) is 5.56 Å². The van der Waals surface area contributed by atoms with Gasteiger partial charge in [0.2, 0.25) is 0 Å². The minimum absolute atomic E-state index is 0.0940. The van der Waals surface area contributed by atoms with Crippen molar-refractivity contribution in [1.29, 1.82) is 0 Å². The summed E-state index contributed by atoms with van der Waals surface area (Å²) < 4.78 is 42.9. The Morgan fingerprint density at radius 2 is 2.00 bits per heavy atom. The van der Waals surface area contributed by atoms with Crippen LogP contribution in [-0.4, -0.2) is 36.4 Å². The van der Waals surface area contributed by atoms with Crippen LogP contribution < -0.4 is 4.90 Å². The van der Waals surface area contributed by atoms with E-state index < -0.39 is 18.0 Å². The van der Waals surface area contributed by atoms with Gasteiger partial charge in [-0.2, -0.15) is 13.2 Å². The highest BCUT2D eigenvalue weighted by Crippen LogP contribution is 2.32. The predicted octanol–water partition coefficient (Wildman–Crippen LogP) is 3.18. The molecule has 4 nitrogen and oxygen atoms in total. The van der Waals surface area contributed by atoms with Crippen molar-refractivity contribution in [3.63, 3.8) is 0 Å². The Balaban J connectivity index is 1.78. The molecule has 2 aromatic rings. The molecule has 0 radical (unpaired) electrons. The van der Waals surface area contributed by atoms with Crippen molar-refractivity contribution in [2.24, 2.45) is 0 Å². The lowest BCUT2D eigenvalue weighted by Crippen LogP contribution is -2.32. The Morgan fingerprint density at radius 3 is 2.61 bits per heavy atom. The van der Waals surface area contributed by atoms with Crippen molar-refractivity contribution in [2.75, 3.05) is 25.1 Å². The van der Waals surface area contributed by atoms with Gasteiger partial charge in [0.25, 0.3) is 0 Å². The van der Waals surface area contributed by atoms with Crippen molar-refractivity contribution in [3.8, 4) is 0 Å². The molecule has 1 N–H and O–H groups in total. The van der Waals surface area contributed by atoms with Crippen LogP contribution in [0.5, 0.6) is 0 Å². The van der Waals surface area contributed by atoms with E-state index in [4.69, 9.17) is 4.74 Å². The van der Waals surface area contributed by atoms with Crippen LogP contribution in [0.2, 0.25) is 0 Å². The Kier molecular flexibility index (Phi) is 5.97. The summed E-state index contributed by atoms with van der Waals surface area (Å²) in [6.45, 7) is 0.605. The van der Waals surface area contributed by atoms with E-state index >= 15 is 0 Å². The first kappa shape index (κ1) is 17.7. The minimum Gasteiger partial charge on any atom is -0.389 e. The van der Waals surface area contributed by atoms with Gasteiger partial charge in [-0.25, -0.2) is 4.98 Å². The number of hydrogen-bond acceptors (Lipinski definition) is 5. The van der Waals surface area contributed by atoms with Gasteiger partial charge in [0.05, 0.1) is 19.3 Å². The van der Waals surface area contributed by atoms with Crippen LogP contribution >= 0.6 is 11.3 Å². The number of alkyl halides is 3. The molecule has 1 heterocycles. The number of benzene rings is 1. The normalized spacial score (nSPS) is 13.1. The van der Waals surface area contributed by atoms with Crippen molar-refractivity contribution in [2.45, 2.75) is 18.9 Å². The van der Waals surface area contributed by atoms with Gasteiger partial charge < -0.3 is 14.7 Å². The van der Waals surface area contributed by atoms with Crippen LogP contribution in [0.25, 0.3) is 0 Å². The van der Waals surface area contributed by atoms with Crippen molar-refractivity contribution in [1.82, 2.24) is 4.98 Å². The maximum Gasteiger partial charge on any atom is 0.434 e. The van der Waals surface area contributed by atoms with Crippen LogP contribution in [-0.2, 0) is 17.5 Å². The van der Waals surface area contributed by atoms with E-state index in [0.717, 1.165) is 22.3 Å². The van der Waals surface area contributed by atoms with E-state index in [0.29, 0.717) is 6.61 Å². The first-order chi connectivity index (χ1) is 10.9. The molecule has 1 unspecified atom stereocenters. The summed E-state index contributed by atoms with van der Waals surface area (Å²) in [5, 5.41) is 11.1. The summed E-state index contributed by atoms with van der Waals surface area (Å²) in [4.78, 5) is 5.01. The zero-order valence-corrected chi connectivity index (χ0v) is 13.3. The van der Waals surface area contributed by atoms with Gasteiger partial charge in [-0.3, -0.25) is 0 Å². The SMILES string of the molecule is CN(CC(O)COCc1ccccc1)c1nc(C(F)(F)F)cs1. The monoisotopic (exact) mass is 346 g/mol. The van der Waals surface area contributed by atoms with E-state index in [1.807, 2.05) is 30.3 Å². The number of thiazole rings is 1. The molecule has 8 heteroatoms. The molecule has 0 spiro atoms. The number of anilines is 1. The molecule has 0 aliphatic rings. The van der Waals surface area contributed by atoms with Gasteiger partial charge in [0, 0.05) is 19.0 Å². The molecule has 2 rings (SSSR count). The largest absolute Gasteiger partial charge is 0.434 e. The fourth-order valence-electron chi connectivity index (χ4n) is 1.90. The second-order valence-corrected chi connectivity index (χ2v) is 5.88. The first-order valence-electron chi connectivity index (χ1n) is 6.90. The van der Waals surface area contributed by atoms with Crippen LogP contribution in [0, 0.1) is 0 Å². The van der Waals surface area contributed by atoms with E-state index in [1.165, 1.54) is 4.90 Å². The third-order valence-corrected chi connectivity index (χ3v) is 3.97. The van der Waals surface area contributed by atoms with Crippen molar-refractivity contribution < 1.29 is 23.0 Å². The molecule has 0 bridgehead atoms. The summed E-state index contributed by atoms with van der Waals surface area (Å²) in [7, 11) is 1.58. The Morgan fingerprint density at radius 1 is 1.30 bits per heavy atom. The molecule has 0 aliphatic heterocycles. The molecular formula is C15H17F3N2O2S. The van der Waals surface area contributed by atoms with Gasteiger partial charge >= 0.3 is 6.18 Å². The first-order valence-corrected chi connectivity index (χ1v) is 7.78. The maximum absolute atomic E-state index is 12.5. The van der Waals surface area contributed by atoms with Crippen LogP contribution in [0.3, 0.4) is 0 Å². The number of aliphatic hydroxyl groups excluding tert-OH is 1. The van der Waals surface area contributed by atoms with Crippen molar-refractivity contribution >= 4 is 16.5 Å². The summed E-state index contributed by atoms with van der Waals surface area (Å²) in [6, 6.07) is 9.50. The topological polar surface area (TPSA) is 45.6 Å². The van der Waals surface area contributed by atoms with Gasteiger partial charge in [0.15, 0.2) is 10.8 Å². The lowest BCUT2D eigenvalue weighted by Gasteiger charge is -2.20. The third-order valence-electron chi connectivity index (χ3n) is 3.02. The van der Waals surface area contributed by atoms with Crippen LogP contribution in [0.1, 0.15) is 11.3 Å². The fraction of sp³-hybridized carbons (Fsp3) is 0.400. The summed E-state index contributed by atoms with van der Waals surface area (Å²) in [6.07, 6.45) is -5.27. The van der Waals surface area contributed by atoms with Crippen molar-refractivity contribution in [3.05, 3.63) is 47.0 Å². The zero-order valence-electron chi connectivity index (χ0n) is 12.5. The molecule has 1 atom stereocenters. The molecule has 0 fully saturated rings. The smallest absolute Gasteiger partial charge is 0.389 e. The third kappa shape index (κ3) is 5.49. The lowest BCUT2D eigenvalue weighted by atomic mass is 10.2. The van der Waals surface area contributed by atoms with Crippen LogP contribution in [0.4, 0.5) is 18.3 Å². The average Bonchev–Trinajstić information content (AvgIpc) is 2.98. The highest BCUT2D eigenvalue weighted by Gasteiger charge is 2.34. The Hall–Kier alpha value is -1.64. The second kappa shape index (κ2) is 7.76. The lowest BCUT2D eigenvalue weighted by molar-refractivity contribution is -0.140. The maximum atomic E-state index is 12.5. The highest BCUT2D eigenvalue weighted by atomic mass is 32.1. The molecule has 1 aromatic carbocycles. The molecule has 126 valence electrons. The molecule has 0 saturated carbocycles. The van der Waals surface area contributed by atoms with Crippen LogP contribution in [0.15, 0.2) is 35.7 Å². The number of nitrogens with zero attached hydrogens (tertiary/aromatic N) is 2. The number of likely N-dealkylation sites (N-methyl/N-ethyl adjacent to an activating group) is 1. The quantitative estimate of drug-likeness (QED) is 0.836. The van der Waals surface area contributed by atoms with E-state index in [9.17, 15) is 18.3 Å². The van der Waals surface area contributed by atoms with Gasteiger partial charge in [-0.15, -0.1) is 11.3 Å². The summed E-state index contributed by atoms with van der Waals surface area (Å²) in [5.74, 6) is 0. The van der Waals surface area contributed by atoms with E-state index in [-0.39, 0.29) is 18.3 Å². The summed E-state index contributed by atoms with van der Waals surface area (Å²) in [5.41, 5.74) is 0.0713. The standard InChI is InChI=1S/C15H17F3N2O2S/c1-20(14-19-13(10-23-14)15(16,17)18)7-12(21)9-22-8-11-5-3-2-4-6-11/h2-6,10,12,21H,7-9H2,1H3. The number of halogens is 3. The molecule has 0 saturated heterocycles. The van der Waals surface area contributed by atoms with E-state index in [1.54, 1.807) is 7.05 Å². The highest BCUT2D eigenvalue weighted by molar-refractivity contribution is 7.13. The van der Waals surface area contributed by atoms with E-state index in [2.05, 4.69) is 4.98 Å². The Labute approximate surface area is 136 Å². The second-order valence-electron chi connectivity index (χ2n) is 5.05. The summed E-state index contributed by atoms with van der Waals surface area (Å²) >= 11 is 0.890. The number of aliphatic hydroxyl groups is 1. The fourth-order valence-corrected chi connectivity index (χ4v) is 2.71. The minimum atomic E-state index is -4.45. The Bertz CT molecular complexity index is 604. The molecule has 0 amide bonds. The molecule has 1 aromatic heterocycles. The number of ether oxygens (including phenoxy) is 1. The van der Waals surface area contributed by atoms with Gasteiger partial charge in [0.1, 0.15) is 0 Å². The number of aromatic nitrogens is 1. The molecule has 0 aliphatic carbocycles. The predicted molar refractivity (Wildman–Crippen MR) is 82.5 cm³/mol. The number of rotatable bonds is 7. The average molecular weight is 346 g/mol. The van der Waals surface area contributed by atoms with Gasteiger partial charge in [-0.1, -0.05) is 30.3 Å². The molecular weight excluding hydrogens is 329 g/mol.